The van der Waals surface area contributed by atoms with E-state index in [-0.39, 0.29) is 5.84 Å². The maximum Gasteiger partial charge on any atom is 0.129 e. The van der Waals surface area contributed by atoms with Gasteiger partial charge in [-0.3, -0.25) is 5.41 Å². The van der Waals surface area contributed by atoms with Crippen molar-refractivity contribution in [2.24, 2.45) is 11.7 Å². The van der Waals surface area contributed by atoms with Crippen LogP contribution >= 0.6 is 0 Å². The average Bonchev–Trinajstić information content (AvgIpc) is 2.39. The number of rotatable bonds is 3. The van der Waals surface area contributed by atoms with Gasteiger partial charge in [0.1, 0.15) is 11.7 Å². The number of nitrogens with one attached hydrogen (secondary N) is 1. The third kappa shape index (κ3) is 2.75. The highest BCUT2D eigenvalue weighted by Crippen LogP contribution is 2.23. The lowest BCUT2D eigenvalue weighted by Gasteiger charge is -2.32. The molecule has 4 heteroatoms. The van der Waals surface area contributed by atoms with Crippen LogP contribution in [-0.4, -0.2) is 23.9 Å². The average molecular weight is 232 g/mol. The summed E-state index contributed by atoms with van der Waals surface area (Å²) in [5.74, 6) is 1.92. The fourth-order valence-electron chi connectivity index (χ4n) is 2.33. The summed E-state index contributed by atoms with van der Waals surface area (Å²) in [6.07, 6.45) is 5.48. The number of nitrogens with two attached hydrogens (primary N) is 1. The third-order valence-electron chi connectivity index (χ3n) is 3.57. The van der Waals surface area contributed by atoms with Gasteiger partial charge in [-0.2, -0.15) is 0 Å². The highest BCUT2D eigenvalue weighted by Gasteiger charge is 2.18. The Hall–Kier alpha value is -1.58. The lowest BCUT2D eigenvalue weighted by Crippen LogP contribution is -2.34. The topological polar surface area (TPSA) is 66.0 Å². The molecule has 1 aromatic rings. The van der Waals surface area contributed by atoms with Crippen LogP contribution in [0.5, 0.6) is 0 Å². The number of hydrogen-bond donors (Lipinski definition) is 2. The van der Waals surface area contributed by atoms with E-state index in [0.29, 0.717) is 0 Å². The van der Waals surface area contributed by atoms with Crippen molar-refractivity contribution < 1.29 is 0 Å². The standard InChI is InChI=1S/C13H20N4/c1-2-10-4-7-17(8-5-10)12-9-11(13(14)15)3-6-16-12/h3,6,9-10H,2,4-5,7-8H2,1H3,(H3,14,15). The van der Waals surface area contributed by atoms with E-state index < -0.39 is 0 Å². The Morgan fingerprint density at radius 2 is 2.24 bits per heavy atom. The molecule has 2 rings (SSSR count). The number of nitrogen functional groups attached to an aromatic ring is 1. The minimum absolute atomic E-state index is 0.108. The van der Waals surface area contributed by atoms with E-state index in [2.05, 4.69) is 16.8 Å². The van der Waals surface area contributed by atoms with E-state index in [0.717, 1.165) is 30.4 Å². The fraction of sp³-hybridized carbons (Fsp3) is 0.538. The van der Waals surface area contributed by atoms with Crippen molar-refractivity contribution in [3.8, 4) is 0 Å². The molecule has 1 aromatic heterocycles. The molecule has 2 heterocycles. The second-order valence-electron chi connectivity index (χ2n) is 4.66. The lowest BCUT2D eigenvalue weighted by atomic mass is 9.94. The van der Waals surface area contributed by atoms with E-state index in [1.165, 1.54) is 19.3 Å². The smallest absolute Gasteiger partial charge is 0.129 e. The Labute approximate surface area is 102 Å². The quantitative estimate of drug-likeness (QED) is 0.618. The van der Waals surface area contributed by atoms with E-state index in [1.54, 1.807) is 12.3 Å². The molecule has 0 aromatic carbocycles. The number of anilines is 1. The zero-order valence-corrected chi connectivity index (χ0v) is 10.3. The zero-order chi connectivity index (χ0) is 12.3. The van der Waals surface area contributed by atoms with Crippen LogP contribution in [-0.2, 0) is 0 Å². The largest absolute Gasteiger partial charge is 0.384 e. The highest BCUT2D eigenvalue weighted by atomic mass is 15.2. The third-order valence-corrected chi connectivity index (χ3v) is 3.57. The van der Waals surface area contributed by atoms with Gasteiger partial charge in [0, 0.05) is 24.8 Å². The van der Waals surface area contributed by atoms with Crippen molar-refractivity contribution in [3.05, 3.63) is 23.9 Å². The monoisotopic (exact) mass is 232 g/mol. The summed E-state index contributed by atoms with van der Waals surface area (Å²) in [5.41, 5.74) is 6.25. The van der Waals surface area contributed by atoms with Gasteiger partial charge in [0.2, 0.25) is 0 Å². The van der Waals surface area contributed by atoms with Crippen LogP contribution < -0.4 is 10.6 Å². The number of piperidine rings is 1. The summed E-state index contributed by atoms with van der Waals surface area (Å²) in [4.78, 5) is 6.66. The Morgan fingerprint density at radius 1 is 1.53 bits per heavy atom. The predicted molar refractivity (Wildman–Crippen MR) is 70.5 cm³/mol. The summed E-state index contributed by atoms with van der Waals surface area (Å²) < 4.78 is 0. The number of aromatic nitrogens is 1. The van der Waals surface area contributed by atoms with Crippen LogP contribution in [0.3, 0.4) is 0 Å². The maximum atomic E-state index is 7.44. The first kappa shape index (κ1) is 11.9. The number of nitrogens with zero attached hydrogens (tertiary/aromatic N) is 2. The lowest BCUT2D eigenvalue weighted by molar-refractivity contribution is 0.394. The molecule has 0 atom stereocenters. The van der Waals surface area contributed by atoms with Gasteiger partial charge in [0.05, 0.1) is 0 Å². The van der Waals surface area contributed by atoms with E-state index in [4.69, 9.17) is 11.1 Å². The summed E-state index contributed by atoms with van der Waals surface area (Å²) in [7, 11) is 0. The van der Waals surface area contributed by atoms with Gasteiger partial charge in [-0.15, -0.1) is 0 Å². The molecule has 3 N–H and O–H groups in total. The molecule has 1 saturated heterocycles. The molecule has 1 aliphatic heterocycles. The van der Waals surface area contributed by atoms with Crippen LogP contribution in [0.1, 0.15) is 31.7 Å². The molecule has 4 nitrogen and oxygen atoms in total. The number of amidine groups is 1. The number of hydrogen-bond acceptors (Lipinski definition) is 3. The molecule has 0 spiro atoms. The van der Waals surface area contributed by atoms with Crippen LogP contribution in [0.2, 0.25) is 0 Å². The van der Waals surface area contributed by atoms with Crippen molar-refractivity contribution in [1.29, 1.82) is 5.41 Å². The van der Waals surface area contributed by atoms with Gasteiger partial charge >= 0.3 is 0 Å². The van der Waals surface area contributed by atoms with Crippen molar-refractivity contribution in [2.45, 2.75) is 26.2 Å². The molecule has 92 valence electrons. The number of pyridine rings is 1. The summed E-state index contributed by atoms with van der Waals surface area (Å²) >= 11 is 0. The fourth-order valence-corrected chi connectivity index (χ4v) is 2.33. The Kier molecular flexibility index (Phi) is 3.61. The van der Waals surface area contributed by atoms with E-state index in [9.17, 15) is 0 Å². The van der Waals surface area contributed by atoms with Crippen molar-refractivity contribution in [1.82, 2.24) is 4.98 Å². The molecule has 0 saturated carbocycles. The van der Waals surface area contributed by atoms with Gasteiger partial charge in [0.25, 0.3) is 0 Å². The maximum absolute atomic E-state index is 7.44. The normalized spacial score (nSPS) is 17.1. The molecule has 1 fully saturated rings. The second-order valence-corrected chi connectivity index (χ2v) is 4.66. The second kappa shape index (κ2) is 5.17. The predicted octanol–water partition coefficient (Wildman–Crippen LogP) is 1.99. The van der Waals surface area contributed by atoms with E-state index >= 15 is 0 Å². The van der Waals surface area contributed by atoms with Gasteiger partial charge in [-0.1, -0.05) is 13.3 Å². The van der Waals surface area contributed by atoms with E-state index in [1.807, 2.05) is 6.07 Å². The first-order chi connectivity index (χ1) is 8.20. The SMILES string of the molecule is CCC1CCN(c2cc(C(=N)N)ccn2)CC1. The van der Waals surface area contributed by atoms with Crippen LogP contribution in [0.15, 0.2) is 18.3 Å². The molecule has 0 radical (unpaired) electrons. The molecule has 1 aliphatic rings. The van der Waals surface area contributed by atoms with Crippen LogP contribution in [0.25, 0.3) is 0 Å². The summed E-state index contributed by atoms with van der Waals surface area (Å²) in [6.45, 7) is 4.38. The van der Waals surface area contributed by atoms with Crippen molar-refractivity contribution in [3.63, 3.8) is 0 Å². The molecule has 0 unspecified atom stereocenters. The first-order valence-corrected chi connectivity index (χ1v) is 6.26. The molecule has 0 aliphatic carbocycles. The van der Waals surface area contributed by atoms with Gasteiger partial charge < -0.3 is 10.6 Å². The molecular formula is C13H20N4. The Morgan fingerprint density at radius 3 is 2.82 bits per heavy atom. The minimum Gasteiger partial charge on any atom is -0.384 e. The minimum atomic E-state index is 0.108. The van der Waals surface area contributed by atoms with Gasteiger partial charge in [-0.25, -0.2) is 4.98 Å². The molecule has 0 bridgehead atoms. The highest BCUT2D eigenvalue weighted by molar-refractivity contribution is 5.95. The summed E-state index contributed by atoms with van der Waals surface area (Å²) in [5, 5.41) is 7.44. The Bertz CT molecular complexity index is 394. The van der Waals surface area contributed by atoms with Gasteiger partial charge in [0.15, 0.2) is 0 Å². The molecule has 17 heavy (non-hydrogen) atoms. The van der Waals surface area contributed by atoms with Crippen LogP contribution in [0, 0.1) is 11.3 Å². The Balaban J connectivity index is 2.08. The summed E-state index contributed by atoms with van der Waals surface area (Å²) in [6, 6.07) is 3.69. The molecular weight excluding hydrogens is 212 g/mol. The van der Waals surface area contributed by atoms with Gasteiger partial charge in [-0.05, 0) is 30.9 Å². The first-order valence-electron chi connectivity index (χ1n) is 6.26. The molecule has 0 amide bonds. The van der Waals surface area contributed by atoms with Crippen molar-refractivity contribution in [2.75, 3.05) is 18.0 Å². The van der Waals surface area contributed by atoms with Crippen LogP contribution in [0.4, 0.5) is 5.82 Å². The van der Waals surface area contributed by atoms with Crippen molar-refractivity contribution >= 4 is 11.7 Å². The zero-order valence-electron chi connectivity index (χ0n) is 10.3.